The molecule has 2 heterocycles. The van der Waals surface area contributed by atoms with Crippen LogP contribution in [0.1, 0.15) is 51.5 Å². The van der Waals surface area contributed by atoms with Crippen molar-refractivity contribution in [2.45, 2.75) is 76.5 Å². The van der Waals surface area contributed by atoms with Crippen molar-refractivity contribution in [1.29, 1.82) is 0 Å². The van der Waals surface area contributed by atoms with Gasteiger partial charge in [0.15, 0.2) is 21.0 Å². The largest absolute Gasteiger partial charge is 0.353 e. The highest BCUT2D eigenvalue weighted by Gasteiger charge is 2.23. The summed E-state index contributed by atoms with van der Waals surface area (Å²) in [6.45, 7) is 4.64. The molecule has 0 bridgehead atoms. The number of aromatic nitrogens is 4. The van der Waals surface area contributed by atoms with Crippen LogP contribution in [0.4, 0.5) is 5.95 Å². The maximum absolute atomic E-state index is 13.3. The van der Waals surface area contributed by atoms with Crippen LogP contribution < -0.4 is 16.6 Å². The molecule has 0 spiro atoms. The third kappa shape index (κ3) is 4.48. The van der Waals surface area contributed by atoms with Crippen molar-refractivity contribution in [1.82, 2.24) is 18.7 Å². The quantitative estimate of drug-likeness (QED) is 0.565. The van der Waals surface area contributed by atoms with E-state index in [9.17, 15) is 18.0 Å². The van der Waals surface area contributed by atoms with Gasteiger partial charge in [0, 0.05) is 25.4 Å². The molecule has 1 saturated carbocycles. The van der Waals surface area contributed by atoms with Crippen LogP contribution in [-0.2, 0) is 29.5 Å². The molecule has 1 aliphatic carbocycles. The summed E-state index contributed by atoms with van der Waals surface area (Å²) in [6.07, 6.45) is 6.76. The molecule has 0 unspecified atom stereocenters. The lowest BCUT2D eigenvalue weighted by Crippen LogP contribution is -2.40. The summed E-state index contributed by atoms with van der Waals surface area (Å²) in [6, 6.07) is 6.91. The Bertz CT molecular complexity index is 1380. The van der Waals surface area contributed by atoms with Crippen LogP contribution in [0.5, 0.6) is 0 Å². The van der Waals surface area contributed by atoms with Gasteiger partial charge in [0.05, 0.1) is 11.4 Å². The Hall–Kier alpha value is -2.88. The van der Waals surface area contributed by atoms with Gasteiger partial charge < -0.3 is 5.32 Å². The number of hydrogen-bond donors (Lipinski definition) is 1. The molecule has 10 heteroatoms. The summed E-state index contributed by atoms with van der Waals surface area (Å²) in [5.74, 6) is 0.566. The SMILES string of the molecule is CCn1c(=O)c2c(nc(NC3CCCCC3)n2Cc2ccc(S(C)(=O)=O)cc2)n(CC)c1=O. The number of benzene rings is 1. The highest BCUT2D eigenvalue weighted by Crippen LogP contribution is 2.24. The molecule has 1 aromatic carbocycles. The molecule has 4 rings (SSSR count). The van der Waals surface area contributed by atoms with Gasteiger partial charge in [-0.3, -0.25) is 18.5 Å². The zero-order valence-electron chi connectivity index (χ0n) is 19.4. The summed E-state index contributed by atoms with van der Waals surface area (Å²) in [4.78, 5) is 31.2. The molecule has 9 nitrogen and oxygen atoms in total. The van der Waals surface area contributed by atoms with Crippen molar-refractivity contribution < 1.29 is 8.42 Å². The van der Waals surface area contributed by atoms with Gasteiger partial charge >= 0.3 is 5.69 Å². The monoisotopic (exact) mass is 473 g/mol. The van der Waals surface area contributed by atoms with Crippen molar-refractivity contribution in [2.24, 2.45) is 0 Å². The van der Waals surface area contributed by atoms with E-state index in [1.807, 2.05) is 11.5 Å². The molecular weight excluding hydrogens is 442 g/mol. The average Bonchev–Trinajstić information content (AvgIpc) is 3.12. The van der Waals surface area contributed by atoms with Gasteiger partial charge in [0.2, 0.25) is 5.95 Å². The van der Waals surface area contributed by atoms with Crippen LogP contribution in [0.15, 0.2) is 38.8 Å². The van der Waals surface area contributed by atoms with Crippen molar-refractivity contribution in [3.63, 3.8) is 0 Å². The molecule has 178 valence electrons. The zero-order valence-corrected chi connectivity index (χ0v) is 20.2. The Labute approximate surface area is 193 Å². The summed E-state index contributed by atoms with van der Waals surface area (Å²) in [5.41, 5.74) is 0.875. The van der Waals surface area contributed by atoms with Gasteiger partial charge in [-0.15, -0.1) is 0 Å². The third-order valence-corrected chi connectivity index (χ3v) is 7.51. The molecule has 33 heavy (non-hydrogen) atoms. The molecule has 1 aliphatic rings. The molecule has 0 atom stereocenters. The van der Waals surface area contributed by atoms with Crippen molar-refractivity contribution in [2.75, 3.05) is 11.6 Å². The van der Waals surface area contributed by atoms with E-state index in [4.69, 9.17) is 4.98 Å². The summed E-state index contributed by atoms with van der Waals surface area (Å²) in [7, 11) is -3.30. The first kappa shape index (κ1) is 23.3. The fourth-order valence-corrected chi connectivity index (χ4v) is 5.20. The van der Waals surface area contributed by atoms with E-state index >= 15 is 0 Å². The number of hydrogen-bond acceptors (Lipinski definition) is 6. The minimum absolute atomic E-state index is 0.246. The highest BCUT2D eigenvalue weighted by molar-refractivity contribution is 7.90. The van der Waals surface area contributed by atoms with Crippen molar-refractivity contribution in [3.05, 3.63) is 50.7 Å². The van der Waals surface area contributed by atoms with Gasteiger partial charge in [-0.05, 0) is 44.4 Å². The number of sulfone groups is 1. The van der Waals surface area contributed by atoms with Crippen LogP contribution in [-0.4, -0.2) is 39.4 Å². The Morgan fingerprint density at radius 1 is 0.970 bits per heavy atom. The first-order valence-corrected chi connectivity index (χ1v) is 13.4. The number of nitrogens with zero attached hydrogens (tertiary/aromatic N) is 4. The average molecular weight is 474 g/mol. The molecule has 1 N–H and O–H groups in total. The van der Waals surface area contributed by atoms with Crippen LogP contribution in [0.3, 0.4) is 0 Å². The van der Waals surface area contributed by atoms with E-state index in [-0.39, 0.29) is 28.7 Å². The number of rotatable bonds is 7. The lowest BCUT2D eigenvalue weighted by atomic mass is 9.96. The summed E-state index contributed by atoms with van der Waals surface area (Å²) >= 11 is 0. The summed E-state index contributed by atoms with van der Waals surface area (Å²) < 4.78 is 28.3. The second-order valence-corrected chi connectivity index (χ2v) is 10.7. The molecular formula is C23H31N5O4S. The third-order valence-electron chi connectivity index (χ3n) is 6.38. The van der Waals surface area contributed by atoms with E-state index in [1.54, 1.807) is 31.2 Å². The molecule has 3 aromatic rings. The molecule has 0 aliphatic heterocycles. The van der Waals surface area contributed by atoms with E-state index in [0.29, 0.717) is 30.2 Å². The second kappa shape index (κ2) is 9.17. The van der Waals surface area contributed by atoms with E-state index < -0.39 is 9.84 Å². The van der Waals surface area contributed by atoms with Crippen LogP contribution in [0, 0.1) is 0 Å². The van der Waals surface area contributed by atoms with E-state index in [1.165, 1.54) is 21.8 Å². The maximum Gasteiger partial charge on any atom is 0.332 e. The minimum atomic E-state index is -3.30. The number of nitrogens with one attached hydrogen (secondary N) is 1. The number of imidazole rings is 1. The fourth-order valence-electron chi connectivity index (χ4n) is 4.57. The lowest BCUT2D eigenvalue weighted by Gasteiger charge is -2.23. The Kier molecular flexibility index (Phi) is 6.47. The standard InChI is InChI=1S/C23H31N5O4S/c1-4-26-20-19(21(29)27(5-2)23(26)30)28(22(25-20)24-17-9-7-6-8-10-17)15-16-11-13-18(14-12-16)33(3,31)32/h11-14,17H,4-10,15H2,1-3H3,(H,24,25). The smallest absolute Gasteiger partial charge is 0.332 e. The molecule has 0 saturated heterocycles. The van der Waals surface area contributed by atoms with Gasteiger partial charge in [-0.1, -0.05) is 31.4 Å². The minimum Gasteiger partial charge on any atom is -0.353 e. The first-order chi connectivity index (χ1) is 15.7. The maximum atomic E-state index is 13.3. The zero-order chi connectivity index (χ0) is 23.8. The summed E-state index contributed by atoms with van der Waals surface area (Å²) in [5, 5.41) is 3.52. The Morgan fingerprint density at radius 3 is 2.18 bits per heavy atom. The normalized spacial score (nSPS) is 15.2. The number of fused-ring (bicyclic) bond motifs is 1. The molecule has 0 amide bonds. The van der Waals surface area contributed by atoms with Gasteiger partial charge in [0.25, 0.3) is 5.56 Å². The van der Waals surface area contributed by atoms with Gasteiger partial charge in [-0.25, -0.2) is 13.2 Å². The van der Waals surface area contributed by atoms with E-state index in [2.05, 4.69) is 5.32 Å². The van der Waals surface area contributed by atoms with E-state index in [0.717, 1.165) is 31.2 Å². The predicted molar refractivity (Wildman–Crippen MR) is 129 cm³/mol. The van der Waals surface area contributed by atoms with Gasteiger partial charge in [-0.2, -0.15) is 4.98 Å². The number of anilines is 1. The molecule has 0 radical (unpaired) electrons. The predicted octanol–water partition coefficient (Wildman–Crippen LogP) is 2.60. The second-order valence-electron chi connectivity index (χ2n) is 8.67. The van der Waals surface area contributed by atoms with Crippen LogP contribution in [0.2, 0.25) is 0 Å². The lowest BCUT2D eigenvalue weighted by molar-refractivity contribution is 0.459. The highest BCUT2D eigenvalue weighted by atomic mass is 32.2. The first-order valence-electron chi connectivity index (χ1n) is 11.5. The van der Waals surface area contributed by atoms with Crippen molar-refractivity contribution >= 4 is 26.9 Å². The van der Waals surface area contributed by atoms with Crippen LogP contribution in [0.25, 0.3) is 11.2 Å². The Balaban J connectivity index is 1.88. The number of aryl methyl sites for hydroxylation is 1. The topological polar surface area (TPSA) is 108 Å². The Morgan fingerprint density at radius 2 is 1.61 bits per heavy atom. The fraction of sp³-hybridized carbons (Fsp3) is 0.522. The van der Waals surface area contributed by atoms with Crippen LogP contribution >= 0.6 is 0 Å². The molecule has 1 fully saturated rings. The van der Waals surface area contributed by atoms with Gasteiger partial charge in [0.1, 0.15) is 0 Å². The van der Waals surface area contributed by atoms with Crippen molar-refractivity contribution in [3.8, 4) is 0 Å². The molecule has 2 aromatic heterocycles.